The second-order valence-electron chi connectivity index (χ2n) is 7.00. The number of anilines is 1. The number of fused-ring (bicyclic) bond motifs is 2. The summed E-state index contributed by atoms with van der Waals surface area (Å²) < 4.78 is 25.5. The first-order valence-corrected chi connectivity index (χ1v) is 9.62. The number of benzene rings is 1. The molecule has 1 aromatic rings. The molecular weight excluding hydrogens is 312 g/mol. The van der Waals surface area contributed by atoms with Gasteiger partial charge >= 0.3 is 0 Å². The SMILES string of the molecule is CN(C)S(=O)(=O)c1cccc(NC(=O)C[C@@H]2C[C@@H]3CC[C@@H]2C3)c1. The predicted octanol–water partition coefficient (Wildman–Crippen LogP) is 2.70. The van der Waals surface area contributed by atoms with Gasteiger partial charge in [0.25, 0.3) is 0 Å². The lowest BCUT2D eigenvalue weighted by molar-refractivity contribution is -0.117. The van der Waals surface area contributed by atoms with Crippen LogP contribution < -0.4 is 5.32 Å². The smallest absolute Gasteiger partial charge is 0.242 e. The highest BCUT2D eigenvalue weighted by Crippen LogP contribution is 2.49. The number of hydrogen-bond donors (Lipinski definition) is 1. The van der Waals surface area contributed by atoms with E-state index < -0.39 is 10.0 Å². The number of carbonyl (C=O) groups excluding carboxylic acids is 1. The molecule has 3 rings (SSSR count). The topological polar surface area (TPSA) is 66.5 Å². The van der Waals surface area contributed by atoms with E-state index in [1.165, 1.54) is 50.2 Å². The molecule has 2 aliphatic rings. The fourth-order valence-electron chi connectivity index (χ4n) is 4.02. The van der Waals surface area contributed by atoms with Crippen molar-refractivity contribution in [2.24, 2.45) is 17.8 Å². The van der Waals surface area contributed by atoms with Gasteiger partial charge in [0.2, 0.25) is 15.9 Å². The van der Waals surface area contributed by atoms with Crippen LogP contribution in [-0.2, 0) is 14.8 Å². The molecule has 23 heavy (non-hydrogen) atoms. The van der Waals surface area contributed by atoms with E-state index in [0.717, 1.165) is 5.92 Å². The van der Waals surface area contributed by atoms with Gasteiger partial charge < -0.3 is 5.32 Å². The number of sulfonamides is 1. The van der Waals surface area contributed by atoms with Crippen molar-refractivity contribution in [3.63, 3.8) is 0 Å². The first kappa shape index (κ1) is 16.5. The third kappa shape index (κ3) is 3.43. The lowest BCUT2D eigenvalue weighted by atomic mass is 9.86. The molecule has 1 amide bonds. The fourth-order valence-corrected chi connectivity index (χ4v) is 4.97. The maximum absolute atomic E-state index is 12.3. The van der Waals surface area contributed by atoms with Crippen LogP contribution in [0, 0.1) is 17.8 Å². The van der Waals surface area contributed by atoms with E-state index in [-0.39, 0.29) is 10.8 Å². The minimum Gasteiger partial charge on any atom is -0.326 e. The predicted molar refractivity (Wildman–Crippen MR) is 89.5 cm³/mol. The van der Waals surface area contributed by atoms with E-state index in [4.69, 9.17) is 0 Å². The molecule has 2 saturated carbocycles. The van der Waals surface area contributed by atoms with Crippen molar-refractivity contribution in [2.45, 2.75) is 37.0 Å². The molecule has 0 heterocycles. The van der Waals surface area contributed by atoms with Crippen molar-refractivity contribution in [1.29, 1.82) is 0 Å². The van der Waals surface area contributed by atoms with E-state index in [2.05, 4.69) is 5.32 Å². The third-order valence-corrected chi connectivity index (χ3v) is 7.04. The van der Waals surface area contributed by atoms with Gasteiger partial charge in [0.05, 0.1) is 4.90 Å². The van der Waals surface area contributed by atoms with Crippen molar-refractivity contribution >= 4 is 21.6 Å². The number of nitrogens with one attached hydrogen (secondary N) is 1. The summed E-state index contributed by atoms with van der Waals surface area (Å²) in [6.07, 6.45) is 5.60. The number of nitrogens with zero attached hydrogens (tertiary/aromatic N) is 1. The zero-order valence-corrected chi connectivity index (χ0v) is 14.5. The molecule has 0 spiro atoms. The molecule has 0 radical (unpaired) electrons. The van der Waals surface area contributed by atoms with Crippen molar-refractivity contribution in [3.8, 4) is 0 Å². The molecule has 3 atom stereocenters. The van der Waals surface area contributed by atoms with E-state index >= 15 is 0 Å². The van der Waals surface area contributed by atoms with Gasteiger partial charge in [-0.25, -0.2) is 12.7 Å². The largest absolute Gasteiger partial charge is 0.326 e. The number of rotatable bonds is 5. The lowest BCUT2D eigenvalue weighted by Gasteiger charge is -2.21. The fraction of sp³-hybridized carbons (Fsp3) is 0.588. The molecule has 2 aliphatic carbocycles. The standard InChI is InChI=1S/C17H24N2O3S/c1-19(2)23(21,22)16-5-3-4-15(11-16)18-17(20)10-14-9-12-6-7-13(14)8-12/h3-5,11-14H,6-10H2,1-2H3,(H,18,20)/t12-,13-,14+/m1/s1. The van der Waals surface area contributed by atoms with Crippen molar-refractivity contribution in [1.82, 2.24) is 4.31 Å². The number of hydrogen-bond acceptors (Lipinski definition) is 3. The Balaban J connectivity index is 1.65. The van der Waals surface area contributed by atoms with Crippen molar-refractivity contribution < 1.29 is 13.2 Å². The molecule has 126 valence electrons. The Bertz CT molecular complexity index is 700. The summed E-state index contributed by atoms with van der Waals surface area (Å²) in [6, 6.07) is 6.45. The second-order valence-corrected chi connectivity index (χ2v) is 9.15. The summed E-state index contributed by atoms with van der Waals surface area (Å²) in [4.78, 5) is 12.5. The first-order chi connectivity index (χ1) is 10.9. The summed E-state index contributed by atoms with van der Waals surface area (Å²) in [6.45, 7) is 0. The molecule has 2 bridgehead atoms. The number of carbonyl (C=O) groups is 1. The zero-order chi connectivity index (χ0) is 16.6. The maximum Gasteiger partial charge on any atom is 0.242 e. The van der Waals surface area contributed by atoms with Gasteiger partial charge in [0.1, 0.15) is 0 Å². The van der Waals surface area contributed by atoms with Gasteiger partial charge in [-0.3, -0.25) is 4.79 Å². The first-order valence-electron chi connectivity index (χ1n) is 8.18. The second kappa shape index (κ2) is 6.24. The van der Waals surface area contributed by atoms with Gasteiger partial charge in [-0.15, -0.1) is 0 Å². The van der Waals surface area contributed by atoms with Crippen LogP contribution in [0.15, 0.2) is 29.2 Å². The zero-order valence-electron chi connectivity index (χ0n) is 13.7. The van der Waals surface area contributed by atoms with Gasteiger partial charge in [-0.1, -0.05) is 12.5 Å². The average molecular weight is 336 g/mol. The van der Waals surface area contributed by atoms with Crippen LogP contribution in [0.3, 0.4) is 0 Å². The summed E-state index contributed by atoms with van der Waals surface area (Å²) >= 11 is 0. The summed E-state index contributed by atoms with van der Waals surface area (Å²) in [5, 5.41) is 2.86. The summed E-state index contributed by atoms with van der Waals surface area (Å²) in [7, 11) is -0.491. The highest BCUT2D eigenvalue weighted by molar-refractivity contribution is 7.89. The van der Waals surface area contributed by atoms with Gasteiger partial charge in [-0.2, -0.15) is 0 Å². The monoisotopic (exact) mass is 336 g/mol. The van der Waals surface area contributed by atoms with Crippen LogP contribution in [0.25, 0.3) is 0 Å². The Labute approximate surface area is 138 Å². The van der Waals surface area contributed by atoms with E-state index in [0.29, 0.717) is 23.9 Å². The van der Waals surface area contributed by atoms with Gasteiger partial charge in [0.15, 0.2) is 0 Å². The van der Waals surface area contributed by atoms with Crippen LogP contribution >= 0.6 is 0 Å². The van der Waals surface area contributed by atoms with Crippen LogP contribution in [0.5, 0.6) is 0 Å². The quantitative estimate of drug-likeness (QED) is 0.899. The number of amides is 1. The Morgan fingerprint density at radius 1 is 1.26 bits per heavy atom. The molecule has 0 aliphatic heterocycles. The minimum absolute atomic E-state index is 0.0121. The highest BCUT2D eigenvalue weighted by atomic mass is 32.2. The molecule has 1 N–H and O–H groups in total. The Morgan fingerprint density at radius 3 is 2.65 bits per heavy atom. The molecule has 0 saturated heterocycles. The van der Waals surface area contributed by atoms with Crippen molar-refractivity contribution in [3.05, 3.63) is 24.3 Å². The van der Waals surface area contributed by atoms with E-state index in [1.807, 2.05) is 0 Å². The van der Waals surface area contributed by atoms with Crippen LogP contribution in [0.2, 0.25) is 0 Å². The van der Waals surface area contributed by atoms with Crippen LogP contribution in [-0.4, -0.2) is 32.7 Å². The van der Waals surface area contributed by atoms with Crippen LogP contribution in [0.4, 0.5) is 5.69 Å². The average Bonchev–Trinajstić information content (AvgIpc) is 3.09. The van der Waals surface area contributed by atoms with Gasteiger partial charge in [-0.05, 0) is 55.2 Å². The van der Waals surface area contributed by atoms with E-state index in [9.17, 15) is 13.2 Å². The molecular formula is C17H24N2O3S. The molecule has 0 aromatic heterocycles. The minimum atomic E-state index is -3.48. The van der Waals surface area contributed by atoms with Crippen LogP contribution in [0.1, 0.15) is 32.1 Å². The highest BCUT2D eigenvalue weighted by Gasteiger charge is 2.40. The van der Waals surface area contributed by atoms with E-state index in [1.54, 1.807) is 18.2 Å². The molecule has 1 aromatic carbocycles. The Hall–Kier alpha value is -1.40. The summed E-state index contributed by atoms with van der Waals surface area (Å²) in [5.74, 6) is 2.03. The third-order valence-electron chi connectivity index (χ3n) is 5.23. The summed E-state index contributed by atoms with van der Waals surface area (Å²) in [5.41, 5.74) is 0.543. The molecule has 6 heteroatoms. The maximum atomic E-state index is 12.3. The Morgan fingerprint density at radius 2 is 2.04 bits per heavy atom. The molecule has 0 unspecified atom stereocenters. The Kier molecular flexibility index (Phi) is 4.47. The molecule has 5 nitrogen and oxygen atoms in total. The normalized spacial score (nSPS) is 26.7. The van der Waals surface area contributed by atoms with Crippen molar-refractivity contribution in [2.75, 3.05) is 19.4 Å². The lowest BCUT2D eigenvalue weighted by Crippen LogP contribution is -2.23. The van der Waals surface area contributed by atoms with Gasteiger partial charge in [0, 0.05) is 26.2 Å². The molecule has 2 fully saturated rings.